The lowest BCUT2D eigenvalue weighted by atomic mass is 10.1. The molecule has 3 N–H and O–H groups in total. The van der Waals surface area contributed by atoms with Crippen LogP contribution in [-0.2, 0) is 9.53 Å². The highest BCUT2D eigenvalue weighted by atomic mass is 16.5. The minimum absolute atomic E-state index is 0.135. The molecule has 0 saturated heterocycles. The van der Waals surface area contributed by atoms with E-state index in [4.69, 9.17) is 10.5 Å². The largest absolute Gasteiger partial charge is 0.383 e. The van der Waals surface area contributed by atoms with Crippen molar-refractivity contribution in [2.24, 2.45) is 5.73 Å². The monoisotopic (exact) mass is 277 g/mol. The van der Waals surface area contributed by atoms with Crippen molar-refractivity contribution in [1.82, 2.24) is 0 Å². The molecule has 5 heteroatoms. The van der Waals surface area contributed by atoms with Gasteiger partial charge in [-0.15, -0.1) is 0 Å². The minimum atomic E-state index is -0.546. The third-order valence-corrected chi connectivity index (χ3v) is 3.90. The van der Waals surface area contributed by atoms with Gasteiger partial charge < -0.3 is 20.7 Å². The molecular weight excluding hydrogens is 254 g/mol. The SMILES string of the molecule is CCC(C)N(CCOC)c1ccc2c(c1)NC(=O)C2N. The van der Waals surface area contributed by atoms with Crippen LogP contribution in [-0.4, -0.2) is 32.2 Å². The fourth-order valence-corrected chi connectivity index (χ4v) is 2.47. The number of nitrogens with two attached hydrogens (primary N) is 1. The second-order valence-electron chi connectivity index (χ2n) is 5.18. The fraction of sp³-hybridized carbons (Fsp3) is 0.533. The fourth-order valence-electron chi connectivity index (χ4n) is 2.47. The maximum atomic E-state index is 11.6. The van der Waals surface area contributed by atoms with Gasteiger partial charge in [-0.1, -0.05) is 13.0 Å². The van der Waals surface area contributed by atoms with Gasteiger partial charge in [0.15, 0.2) is 0 Å². The molecule has 0 aromatic heterocycles. The number of fused-ring (bicyclic) bond motifs is 1. The van der Waals surface area contributed by atoms with Crippen LogP contribution in [0, 0.1) is 0 Å². The Morgan fingerprint density at radius 1 is 1.50 bits per heavy atom. The van der Waals surface area contributed by atoms with Gasteiger partial charge in [0.25, 0.3) is 0 Å². The molecule has 0 aliphatic carbocycles. The van der Waals surface area contributed by atoms with Crippen LogP contribution in [0.1, 0.15) is 31.9 Å². The van der Waals surface area contributed by atoms with Crippen molar-refractivity contribution in [3.8, 4) is 0 Å². The quantitative estimate of drug-likeness (QED) is 0.833. The summed E-state index contributed by atoms with van der Waals surface area (Å²) in [6, 6.07) is 5.84. The maximum Gasteiger partial charge on any atom is 0.245 e. The number of anilines is 2. The van der Waals surface area contributed by atoms with Gasteiger partial charge in [0.05, 0.1) is 6.61 Å². The molecule has 5 nitrogen and oxygen atoms in total. The number of nitrogens with zero attached hydrogens (tertiary/aromatic N) is 1. The summed E-state index contributed by atoms with van der Waals surface area (Å²) in [6.07, 6.45) is 1.05. The molecule has 0 bridgehead atoms. The summed E-state index contributed by atoms with van der Waals surface area (Å²) >= 11 is 0. The van der Waals surface area contributed by atoms with Crippen LogP contribution in [0.25, 0.3) is 0 Å². The zero-order chi connectivity index (χ0) is 14.7. The Hall–Kier alpha value is -1.59. The number of ether oxygens (including phenoxy) is 1. The van der Waals surface area contributed by atoms with E-state index in [0.29, 0.717) is 12.6 Å². The summed E-state index contributed by atoms with van der Waals surface area (Å²) < 4.78 is 5.18. The number of benzene rings is 1. The first-order valence-electron chi connectivity index (χ1n) is 7.04. The molecule has 1 aromatic carbocycles. The molecule has 1 heterocycles. The molecule has 0 fully saturated rings. The van der Waals surface area contributed by atoms with Crippen molar-refractivity contribution in [3.05, 3.63) is 23.8 Å². The molecule has 2 atom stereocenters. The van der Waals surface area contributed by atoms with Crippen LogP contribution in [0.2, 0.25) is 0 Å². The van der Waals surface area contributed by atoms with E-state index in [-0.39, 0.29) is 5.91 Å². The molecule has 0 spiro atoms. The Kier molecular flexibility index (Phi) is 4.62. The maximum absolute atomic E-state index is 11.6. The topological polar surface area (TPSA) is 67.6 Å². The smallest absolute Gasteiger partial charge is 0.245 e. The van der Waals surface area contributed by atoms with E-state index in [9.17, 15) is 4.79 Å². The van der Waals surface area contributed by atoms with Crippen molar-refractivity contribution in [1.29, 1.82) is 0 Å². The average Bonchev–Trinajstić information content (AvgIpc) is 2.74. The number of nitrogens with one attached hydrogen (secondary N) is 1. The lowest BCUT2D eigenvalue weighted by molar-refractivity contribution is -0.116. The molecule has 2 rings (SSSR count). The van der Waals surface area contributed by atoms with Gasteiger partial charge in [-0.2, -0.15) is 0 Å². The first-order chi connectivity index (χ1) is 9.58. The van der Waals surface area contributed by atoms with Gasteiger partial charge in [-0.25, -0.2) is 0 Å². The van der Waals surface area contributed by atoms with Crippen molar-refractivity contribution >= 4 is 17.3 Å². The van der Waals surface area contributed by atoms with Gasteiger partial charge in [-0.3, -0.25) is 4.79 Å². The van der Waals surface area contributed by atoms with E-state index in [1.54, 1.807) is 7.11 Å². The Labute approximate surface area is 120 Å². The normalized spacial score (nSPS) is 18.6. The van der Waals surface area contributed by atoms with Crippen LogP contribution in [0.15, 0.2) is 18.2 Å². The van der Waals surface area contributed by atoms with E-state index < -0.39 is 6.04 Å². The third kappa shape index (κ3) is 2.78. The summed E-state index contributed by atoms with van der Waals surface area (Å²) in [5.74, 6) is -0.135. The predicted octanol–water partition coefficient (Wildman–Crippen LogP) is 1.89. The van der Waals surface area contributed by atoms with Crippen molar-refractivity contribution in [3.63, 3.8) is 0 Å². The Balaban J connectivity index is 2.26. The van der Waals surface area contributed by atoms with Crippen molar-refractivity contribution < 1.29 is 9.53 Å². The third-order valence-electron chi connectivity index (χ3n) is 3.90. The minimum Gasteiger partial charge on any atom is -0.383 e. The van der Waals surface area contributed by atoms with Crippen LogP contribution in [0.3, 0.4) is 0 Å². The summed E-state index contributed by atoms with van der Waals surface area (Å²) in [7, 11) is 1.71. The number of amides is 1. The van der Waals surface area contributed by atoms with Crippen LogP contribution in [0.5, 0.6) is 0 Å². The zero-order valence-electron chi connectivity index (χ0n) is 12.3. The number of carbonyl (C=O) groups excluding carboxylic acids is 1. The molecule has 0 saturated carbocycles. The first-order valence-corrected chi connectivity index (χ1v) is 7.04. The summed E-state index contributed by atoms with van der Waals surface area (Å²) in [6.45, 7) is 5.85. The van der Waals surface area contributed by atoms with Gasteiger partial charge in [0, 0.05) is 36.6 Å². The zero-order valence-corrected chi connectivity index (χ0v) is 12.3. The van der Waals surface area contributed by atoms with Gasteiger partial charge >= 0.3 is 0 Å². The number of rotatable bonds is 6. The molecule has 1 aromatic rings. The lowest BCUT2D eigenvalue weighted by Crippen LogP contribution is -2.35. The Morgan fingerprint density at radius 2 is 2.25 bits per heavy atom. The van der Waals surface area contributed by atoms with Gasteiger partial charge in [0.1, 0.15) is 6.04 Å². The molecule has 1 aliphatic heterocycles. The lowest BCUT2D eigenvalue weighted by Gasteiger charge is -2.31. The number of hydrogen-bond acceptors (Lipinski definition) is 4. The summed E-state index contributed by atoms with van der Waals surface area (Å²) in [5, 5.41) is 2.83. The number of hydrogen-bond donors (Lipinski definition) is 2. The molecule has 20 heavy (non-hydrogen) atoms. The van der Waals surface area contributed by atoms with E-state index in [1.165, 1.54) is 0 Å². The summed E-state index contributed by atoms with van der Waals surface area (Å²) in [4.78, 5) is 13.9. The highest BCUT2D eigenvalue weighted by Crippen LogP contribution is 2.33. The van der Waals surface area contributed by atoms with Gasteiger partial charge in [-0.05, 0) is 25.5 Å². The molecular formula is C15H23N3O2. The standard InChI is InChI=1S/C15H23N3O2/c1-4-10(2)18(7-8-20-3)11-5-6-12-13(9-11)17-15(19)14(12)16/h5-6,9-10,14H,4,7-8,16H2,1-3H3,(H,17,19). The van der Waals surface area contributed by atoms with Crippen LogP contribution < -0.4 is 16.0 Å². The molecule has 0 radical (unpaired) electrons. The first kappa shape index (κ1) is 14.8. The molecule has 2 unspecified atom stereocenters. The predicted molar refractivity (Wildman–Crippen MR) is 81.0 cm³/mol. The average molecular weight is 277 g/mol. The van der Waals surface area contributed by atoms with Crippen molar-refractivity contribution in [2.75, 3.05) is 30.5 Å². The Morgan fingerprint density at radius 3 is 2.90 bits per heavy atom. The van der Waals surface area contributed by atoms with E-state index in [2.05, 4.69) is 24.1 Å². The number of carbonyl (C=O) groups is 1. The molecule has 1 amide bonds. The summed E-state index contributed by atoms with van der Waals surface area (Å²) in [5.41, 5.74) is 8.62. The number of methoxy groups -OCH3 is 1. The second-order valence-corrected chi connectivity index (χ2v) is 5.18. The van der Waals surface area contributed by atoms with E-state index in [0.717, 1.165) is 29.9 Å². The van der Waals surface area contributed by atoms with E-state index in [1.807, 2.05) is 18.2 Å². The molecule has 1 aliphatic rings. The van der Waals surface area contributed by atoms with Crippen molar-refractivity contribution in [2.45, 2.75) is 32.4 Å². The second kappa shape index (κ2) is 6.24. The van der Waals surface area contributed by atoms with Crippen LogP contribution >= 0.6 is 0 Å². The highest BCUT2D eigenvalue weighted by Gasteiger charge is 2.27. The van der Waals surface area contributed by atoms with Crippen LogP contribution in [0.4, 0.5) is 11.4 Å². The Bertz CT molecular complexity index is 490. The molecule has 110 valence electrons. The van der Waals surface area contributed by atoms with E-state index >= 15 is 0 Å². The van der Waals surface area contributed by atoms with Gasteiger partial charge in [0.2, 0.25) is 5.91 Å². The highest BCUT2D eigenvalue weighted by molar-refractivity contribution is 6.02.